The molecule has 3 heteroatoms. The molecule has 1 atom stereocenters. The molecule has 1 N–H and O–H groups in total. The number of carbonyl (C=O) groups is 1. The van der Waals surface area contributed by atoms with Crippen molar-refractivity contribution in [3.8, 4) is 11.5 Å². The van der Waals surface area contributed by atoms with E-state index in [0.29, 0.717) is 12.2 Å². The Morgan fingerprint density at radius 1 is 1.00 bits per heavy atom. The first-order valence-corrected chi connectivity index (χ1v) is 7.61. The lowest BCUT2D eigenvalue weighted by Gasteiger charge is -2.17. The van der Waals surface area contributed by atoms with E-state index < -0.39 is 0 Å². The summed E-state index contributed by atoms with van der Waals surface area (Å²) in [6, 6.07) is 17.1. The molecule has 0 radical (unpaired) electrons. The number of carbonyl (C=O) groups excluding carboxylic acids is 1. The SMILES string of the molecule is COc1cc([C@@H]2CC(=O)c3ccccc32)c(O)c2ccccc12. The van der Waals surface area contributed by atoms with Crippen molar-refractivity contribution >= 4 is 16.6 Å². The molecule has 0 unspecified atom stereocenters. The van der Waals surface area contributed by atoms with E-state index in [1.807, 2.05) is 54.6 Å². The zero-order chi connectivity index (χ0) is 16.0. The molecule has 1 aliphatic rings. The number of fused-ring (bicyclic) bond motifs is 2. The van der Waals surface area contributed by atoms with Crippen molar-refractivity contribution in [3.63, 3.8) is 0 Å². The van der Waals surface area contributed by atoms with E-state index in [0.717, 1.165) is 27.5 Å². The minimum atomic E-state index is -0.128. The quantitative estimate of drug-likeness (QED) is 0.769. The number of hydrogen-bond acceptors (Lipinski definition) is 3. The summed E-state index contributed by atoms with van der Waals surface area (Å²) in [5.41, 5.74) is 2.48. The summed E-state index contributed by atoms with van der Waals surface area (Å²) >= 11 is 0. The molecule has 0 aliphatic heterocycles. The van der Waals surface area contributed by atoms with Gasteiger partial charge in [0.05, 0.1) is 7.11 Å². The summed E-state index contributed by atoms with van der Waals surface area (Å²) in [6.45, 7) is 0. The lowest BCUT2D eigenvalue weighted by Crippen LogP contribution is -1.99. The van der Waals surface area contributed by atoms with Crippen LogP contribution in [0, 0.1) is 0 Å². The molecule has 0 aromatic heterocycles. The number of phenols is 1. The molecule has 4 rings (SSSR count). The van der Waals surface area contributed by atoms with Gasteiger partial charge in [0.1, 0.15) is 11.5 Å². The van der Waals surface area contributed by atoms with E-state index in [2.05, 4.69) is 0 Å². The third-order valence-corrected chi connectivity index (χ3v) is 4.63. The maximum absolute atomic E-state index is 12.3. The highest BCUT2D eigenvalue weighted by atomic mass is 16.5. The van der Waals surface area contributed by atoms with Gasteiger partial charge in [0.15, 0.2) is 5.78 Å². The molecule has 1 aliphatic carbocycles. The minimum absolute atomic E-state index is 0.122. The van der Waals surface area contributed by atoms with E-state index in [9.17, 15) is 9.90 Å². The average molecular weight is 304 g/mol. The Morgan fingerprint density at radius 3 is 2.48 bits per heavy atom. The van der Waals surface area contributed by atoms with Crippen LogP contribution in [0.4, 0.5) is 0 Å². The van der Waals surface area contributed by atoms with Crippen LogP contribution in [0.3, 0.4) is 0 Å². The van der Waals surface area contributed by atoms with Crippen molar-refractivity contribution in [2.24, 2.45) is 0 Å². The van der Waals surface area contributed by atoms with Crippen LogP contribution < -0.4 is 4.74 Å². The summed E-state index contributed by atoms with van der Waals surface area (Å²) < 4.78 is 5.50. The Kier molecular flexibility index (Phi) is 3.08. The molecule has 3 aromatic rings. The molecule has 0 heterocycles. The summed E-state index contributed by atoms with van der Waals surface area (Å²) in [7, 11) is 1.62. The van der Waals surface area contributed by atoms with E-state index >= 15 is 0 Å². The normalized spacial score (nSPS) is 16.6. The molecule has 3 aromatic carbocycles. The second kappa shape index (κ2) is 5.13. The zero-order valence-corrected chi connectivity index (χ0v) is 12.7. The Balaban J connectivity index is 1.97. The zero-order valence-electron chi connectivity index (χ0n) is 12.7. The van der Waals surface area contributed by atoms with Gasteiger partial charge < -0.3 is 9.84 Å². The monoisotopic (exact) mass is 304 g/mol. The molecule has 0 saturated carbocycles. The van der Waals surface area contributed by atoms with Gasteiger partial charge in [-0.25, -0.2) is 0 Å². The minimum Gasteiger partial charge on any atom is -0.507 e. The Bertz CT molecular complexity index is 927. The largest absolute Gasteiger partial charge is 0.507 e. The summed E-state index contributed by atoms with van der Waals surface area (Å²) in [6.07, 6.45) is 0.383. The van der Waals surface area contributed by atoms with Crippen LogP contribution in [-0.2, 0) is 0 Å². The van der Waals surface area contributed by atoms with Crippen LogP contribution >= 0.6 is 0 Å². The Labute approximate surface area is 134 Å². The number of methoxy groups -OCH3 is 1. The van der Waals surface area contributed by atoms with Gasteiger partial charge >= 0.3 is 0 Å². The first-order valence-electron chi connectivity index (χ1n) is 7.61. The van der Waals surface area contributed by atoms with E-state index in [1.165, 1.54) is 0 Å². The highest BCUT2D eigenvalue weighted by Crippen LogP contribution is 2.46. The summed E-state index contributed by atoms with van der Waals surface area (Å²) in [5, 5.41) is 12.4. The van der Waals surface area contributed by atoms with Gasteiger partial charge in [-0.15, -0.1) is 0 Å². The molecular formula is C20H16O3. The standard InChI is InChI=1S/C20H16O3/c1-23-19-11-17(20(22)15-9-5-4-8-14(15)19)16-10-18(21)13-7-3-2-6-12(13)16/h2-9,11,16,22H,10H2,1H3/t16-/m1/s1. The van der Waals surface area contributed by atoms with Crippen LogP contribution in [0.5, 0.6) is 11.5 Å². The topological polar surface area (TPSA) is 46.5 Å². The Hall–Kier alpha value is -2.81. The molecule has 0 fully saturated rings. The van der Waals surface area contributed by atoms with Crippen molar-refractivity contribution in [2.45, 2.75) is 12.3 Å². The van der Waals surface area contributed by atoms with Crippen molar-refractivity contribution in [1.29, 1.82) is 0 Å². The van der Waals surface area contributed by atoms with E-state index in [-0.39, 0.29) is 17.5 Å². The second-order valence-electron chi connectivity index (χ2n) is 5.83. The molecular weight excluding hydrogens is 288 g/mol. The van der Waals surface area contributed by atoms with Crippen molar-refractivity contribution in [3.05, 3.63) is 71.3 Å². The Morgan fingerprint density at radius 2 is 1.70 bits per heavy atom. The molecule has 114 valence electrons. The predicted molar refractivity (Wildman–Crippen MR) is 89.4 cm³/mol. The number of ether oxygens (including phenoxy) is 1. The number of aromatic hydroxyl groups is 1. The number of benzene rings is 3. The number of Topliss-reactive ketones (excluding diaryl/α,β-unsaturated/α-hetero) is 1. The van der Waals surface area contributed by atoms with Crippen LogP contribution in [0.25, 0.3) is 10.8 Å². The van der Waals surface area contributed by atoms with Crippen molar-refractivity contribution in [1.82, 2.24) is 0 Å². The van der Waals surface area contributed by atoms with Crippen LogP contribution in [0.15, 0.2) is 54.6 Å². The fraction of sp³-hybridized carbons (Fsp3) is 0.150. The predicted octanol–water partition coefficient (Wildman–Crippen LogP) is 4.27. The number of ketones is 1. The van der Waals surface area contributed by atoms with Gasteiger partial charge in [0.25, 0.3) is 0 Å². The van der Waals surface area contributed by atoms with E-state index in [4.69, 9.17) is 4.74 Å². The highest BCUT2D eigenvalue weighted by molar-refractivity contribution is 6.03. The fourth-order valence-corrected chi connectivity index (χ4v) is 3.52. The van der Waals surface area contributed by atoms with Gasteiger partial charge in [0.2, 0.25) is 0 Å². The smallest absolute Gasteiger partial charge is 0.164 e. The third kappa shape index (κ3) is 2.00. The molecule has 0 saturated heterocycles. The average Bonchev–Trinajstić information content (AvgIpc) is 2.93. The maximum Gasteiger partial charge on any atom is 0.164 e. The third-order valence-electron chi connectivity index (χ3n) is 4.63. The maximum atomic E-state index is 12.3. The molecule has 0 spiro atoms. The van der Waals surface area contributed by atoms with Crippen molar-refractivity contribution < 1.29 is 14.6 Å². The van der Waals surface area contributed by atoms with Gasteiger partial charge in [-0.05, 0) is 11.6 Å². The van der Waals surface area contributed by atoms with Gasteiger partial charge in [0, 0.05) is 34.2 Å². The number of phenolic OH excluding ortho intramolecular Hbond substituents is 1. The van der Waals surface area contributed by atoms with Gasteiger partial charge in [-0.2, -0.15) is 0 Å². The van der Waals surface area contributed by atoms with Crippen LogP contribution in [0.1, 0.15) is 33.8 Å². The lowest BCUT2D eigenvalue weighted by molar-refractivity contribution is 0.0991. The molecule has 23 heavy (non-hydrogen) atoms. The van der Waals surface area contributed by atoms with Crippen molar-refractivity contribution in [2.75, 3.05) is 7.11 Å². The second-order valence-corrected chi connectivity index (χ2v) is 5.83. The van der Waals surface area contributed by atoms with E-state index in [1.54, 1.807) is 7.11 Å². The lowest BCUT2D eigenvalue weighted by atomic mass is 9.90. The van der Waals surface area contributed by atoms with Crippen LogP contribution in [0.2, 0.25) is 0 Å². The molecule has 3 nitrogen and oxygen atoms in total. The fourth-order valence-electron chi connectivity index (χ4n) is 3.52. The number of rotatable bonds is 2. The summed E-state index contributed by atoms with van der Waals surface area (Å²) in [4.78, 5) is 12.3. The van der Waals surface area contributed by atoms with Crippen LogP contribution in [-0.4, -0.2) is 18.0 Å². The summed E-state index contributed by atoms with van der Waals surface area (Å²) in [5.74, 6) is 0.940. The van der Waals surface area contributed by atoms with Gasteiger partial charge in [-0.3, -0.25) is 4.79 Å². The molecule has 0 bridgehead atoms. The first kappa shape index (κ1) is 13.8. The highest BCUT2D eigenvalue weighted by Gasteiger charge is 2.32. The first-order chi connectivity index (χ1) is 11.2. The molecule has 0 amide bonds. The van der Waals surface area contributed by atoms with Gasteiger partial charge in [-0.1, -0.05) is 48.5 Å². The number of hydrogen-bond donors (Lipinski definition) is 1.